The van der Waals surface area contributed by atoms with E-state index in [1.54, 1.807) is 18.5 Å². The van der Waals surface area contributed by atoms with Gasteiger partial charge in [0, 0.05) is 23.5 Å². The van der Waals surface area contributed by atoms with E-state index in [9.17, 15) is 4.79 Å². The van der Waals surface area contributed by atoms with Gasteiger partial charge in [-0.2, -0.15) is 0 Å². The van der Waals surface area contributed by atoms with E-state index >= 15 is 0 Å². The van der Waals surface area contributed by atoms with Crippen molar-refractivity contribution in [1.82, 2.24) is 14.5 Å². The molecule has 1 aromatic carbocycles. The maximum absolute atomic E-state index is 11.7. The number of para-hydroxylation sites is 1. The second-order valence-corrected chi connectivity index (χ2v) is 4.73. The van der Waals surface area contributed by atoms with Gasteiger partial charge < -0.3 is 4.74 Å². The maximum atomic E-state index is 11.7. The van der Waals surface area contributed by atoms with E-state index in [-0.39, 0.29) is 12.4 Å². The lowest BCUT2D eigenvalue weighted by atomic mass is 10.1. The van der Waals surface area contributed by atoms with Crippen LogP contribution in [0.2, 0.25) is 0 Å². The molecule has 0 radical (unpaired) electrons. The molecule has 0 spiro atoms. The molecule has 0 saturated carbocycles. The summed E-state index contributed by atoms with van der Waals surface area (Å²) in [5, 5.41) is 1.09. The number of fused-ring (bicyclic) bond motifs is 1. The Morgan fingerprint density at radius 1 is 1.19 bits per heavy atom. The lowest BCUT2D eigenvalue weighted by Crippen LogP contribution is -2.11. The van der Waals surface area contributed by atoms with Gasteiger partial charge in [0.1, 0.15) is 0 Å². The standard InChI is InChI=1S/C16H15N3O2/c1-11-12-6-3-4-7-13(12)19(14(11)10-15(20)21-2)16-17-8-5-9-18-16/h3-9H,10H2,1-2H3. The summed E-state index contributed by atoms with van der Waals surface area (Å²) in [6.45, 7) is 2.00. The molecule has 0 aliphatic rings. The lowest BCUT2D eigenvalue weighted by molar-refractivity contribution is -0.139. The predicted molar refractivity (Wildman–Crippen MR) is 79.3 cm³/mol. The van der Waals surface area contributed by atoms with Crippen LogP contribution < -0.4 is 0 Å². The third-order valence-electron chi connectivity index (χ3n) is 3.54. The third-order valence-corrected chi connectivity index (χ3v) is 3.54. The highest BCUT2D eigenvalue weighted by Crippen LogP contribution is 2.28. The van der Waals surface area contributed by atoms with E-state index in [4.69, 9.17) is 4.74 Å². The molecule has 5 heteroatoms. The lowest BCUT2D eigenvalue weighted by Gasteiger charge is -2.08. The first-order valence-corrected chi connectivity index (χ1v) is 6.65. The summed E-state index contributed by atoms with van der Waals surface area (Å²) in [7, 11) is 1.39. The van der Waals surface area contributed by atoms with Crippen LogP contribution in [0.25, 0.3) is 16.9 Å². The van der Waals surface area contributed by atoms with Gasteiger partial charge in [0.15, 0.2) is 0 Å². The van der Waals surface area contributed by atoms with E-state index < -0.39 is 0 Å². The van der Waals surface area contributed by atoms with E-state index in [1.165, 1.54) is 7.11 Å². The molecule has 3 rings (SSSR count). The van der Waals surface area contributed by atoms with Crippen LogP contribution in [0.3, 0.4) is 0 Å². The third kappa shape index (κ3) is 2.27. The second kappa shape index (κ2) is 5.36. The molecule has 5 nitrogen and oxygen atoms in total. The largest absolute Gasteiger partial charge is 0.469 e. The van der Waals surface area contributed by atoms with Crippen molar-refractivity contribution in [2.45, 2.75) is 13.3 Å². The first-order chi connectivity index (χ1) is 10.2. The summed E-state index contributed by atoms with van der Waals surface area (Å²) in [6, 6.07) is 9.74. The Balaban J connectivity index is 2.29. The number of methoxy groups -OCH3 is 1. The Morgan fingerprint density at radius 2 is 1.90 bits per heavy atom. The fraction of sp³-hybridized carbons (Fsp3) is 0.188. The SMILES string of the molecule is COC(=O)Cc1c(C)c2ccccc2n1-c1ncccn1. The Hall–Kier alpha value is -2.69. The quantitative estimate of drug-likeness (QED) is 0.692. The maximum Gasteiger partial charge on any atom is 0.311 e. The molecule has 21 heavy (non-hydrogen) atoms. The summed E-state index contributed by atoms with van der Waals surface area (Å²) in [6.07, 6.45) is 3.57. The van der Waals surface area contributed by atoms with Gasteiger partial charge in [0.25, 0.3) is 0 Å². The number of aromatic nitrogens is 3. The van der Waals surface area contributed by atoms with E-state index in [0.29, 0.717) is 5.95 Å². The summed E-state index contributed by atoms with van der Waals surface area (Å²) in [5.41, 5.74) is 2.89. The first kappa shape index (κ1) is 13.3. The molecule has 3 aromatic rings. The van der Waals surface area contributed by atoms with Crippen LogP contribution in [0, 0.1) is 6.92 Å². The van der Waals surface area contributed by atoms with E-state index in [2.05, 4.69) is 9.97 Å². The summed E-state index contributed by atoms with van der Waals surface area (Å²) in [4.78, 5) is 20.3. The van der Waals surface area contributed by atoms with Gasteiger partial charge in [-0.25, -0.2) is 9.97 Å². The van der Waals surface area contributed by atoms with Crippen molar-refractivity contribution in [1.29, 1.82) is 0 Å². The van der Waals surface area contributed by atoms with Crippen molar-refractivity contribution >= 4 is 16.9 Å². The first-order valence-electron chi connectivity index (χ1n) is 6.65. The molecule has 0 bridgehead atoms. The van der Waals surface area contributed by atoms with Crippen molar-refractivity contribution in [2.24, 2.45) is 0 Å². The van der Waals surface area contributed by atoms with Crippen LogP contribution in [0.1, 0.15) is 11.3 Å². The van der Waals surface area contributed by atoms with Gasteiger partial charge in [0.05, 0.1) is 19.0 Å². The fourth-order valence-electron chi connectivity index (χ4n) is 2.51. The van der Waals surface area contributed by atoms with Crippen LogP contribution in [0.15, 0.2) is 42.7 Å². The van der Waals surface area contributed by atoms with Gasteiger partial charge in [0.2, 0.25) is 5.95 Å². The zero-order valence-corrected chi connectivity index (χ0v) is 11.9. The molecule has 0 atom stereocenters. The molecule has 0 unspecified atom stereocenters. The van der Waals surface area contributed by atoms with Crippen LogP contribution in [-0.4, -0.2) is 27.6 Å². The number of benzene rings is 1. The molecule has 106 valence electrons. The number of hydrogen-bond acceptors (Lipinski definition) is 4. The molecule has 0 aliphatic heterocycles. The highest BCUT2D eigenvalue weighted by molar-refractivity contribution is 5.88. The molecule has 0 fully saturated rings. The number of hydrogen-bond donors (Lipinski definition) is 0. The number of esters is 1. The van der Waals surface area contributed by atoms with Crippen LogP contribution in [0.4, 0.5) is 0 Å². The molecular weight excluding hydrogens is 266 g/mol. The summed E-state index contributed by atoms with van der Waals surface area (Å²) in [5.74, 6) is 0.277. The van der Waals surface area contributed by atoms with Crippen LogP contribution in [-0.2, 0) is 16.0 Å². The fourth-order valence-corrected chi connectivity index (χ4v) is 2.51. The second-order valence-electron chi connectivity index (χ2n) is 4.73. The Labute approximate surface area is 122 Å². The zero-order valence-electron chi connectivity index (χ0n) is 11.9. The number of rotatable bonds is 3. The van der Waals surface area contributed by atoms with Crippen molar-refractivity contribution in [3.63, 3.8) is 0 Å². The molecular formula is C16H15N3O2. The highest BCUT2D eigenvalue weighted by atomic mass is 16.5. The Bertz CT molecular complexity index is 794. The van der Waals surface area contributed by atoms with Gasteiger partial charge in [-0.1, -0.05) is 18.2 Å². The van der Waals surface area contributed by atoms with Crippen molar-refractivity contribution in [2.75, 3.05) is 7.11 Å². The number of nitrogens with zero attached hydrogens (tertiary/aromatic N) is 3. The van der Waals surface area contributed by atoms with Crippen LogP contribution in [0.5, 0.6) is 0 Å². The number of carbonyl (C=O) groups excluding carboxylic acids is 1. The topological polar surface area (TPSA) is 57.0 Å². The Kier molecular flexibility index (Phi) is 3.39. The molecule has 0 aliphatic carbocycles. The van der Waals surface area contributed by atoms with Gasteiger partial charge in [-0.3, -0.25) is 9.36 Å². The number of carbonyl (C=O) groups is 1. The van der Waals surface area contributed by atoms with E-state index in [1.807, 2.05) is 35.8 Å². The zero-order chi connectivity index (χ0) is 14.8. The highest BCUT2D eigenvalue weighted by Gasteiger charge is 2.19. The monoisotopic (exact) mass is 281 g/mol. The molecule has 2 heterocycles. The number of ether oxygens (including phenoxy) is 1. The molecule has 0 N–H and O–H groups in total. The minimum Gasteiger partial charge on any atom is -0.469 e. The van der Waals surface area contributed by atoms with Crippen LogP contribution >= 0.6 is 0 Å². The Morgan fingerprint density at radius 3 is 2.62 bits per heavy atom. The smallest absolute Gasteiger partial charge is 0.311 e. The average Bonchev–Trinajstić information content (AvgIpc) is 2.81. The molecule has 0 amide bonds. The minimum absolute atomic E-state index is 0.190. The van der Waals surface area contributed by atoms with Crippen molar-refractivity contribution in [3.8, 4) is 5.95 Å². The normalized spacial score (nSPS) is 10.8. The van der Waals surface area contributed by atoms with Gasteiger partial charge >= 0.3 is 5.97 Å². The minimum atomic E-state index is -0.280. The van der Waals surface area contributed by atoms with E-state index in [0.717, 1.165) is 22.2 Å². The van der Waals surface area contributed by atoms with Gasteiger partial charge in [-0.05, 0) is 24.6 Å². The summed E-state index contributed by atoms with van der Waals surface area (Å²) >= 11 is 0. The predicted octanol–water partition coefficient (Wildman–Crippen LogP) is 2.44. The average molecular weight is 281 g/mol. The molecule has 2 aromatic heterocycles. The van der Waals surface area contributed by atoms with Crippen molar-refractivity contribution in [3.05, 3.63) is 54.0 Å². The summed E-state index contributed by atoms with van der Waals surface area (Å²) < 4.78 is 6.72. The number of aryl methyl sites for hydroxylation is 1. The van der Waals surface area contributed by atoms with Gasteiger partial charge in [-0.15, -0.1) is 0 Å². The van der Waals surface area contributed by atoms with Crippen molar-refractivity contribution < 1.29 is 9.53 Å². The molecule has 0 saturated heterocycles.